The molecule has 0 unspecified atom stereocenters. The fourth-order valence-corrected chi connectivity index (χ4v) is 2.85. The summed E-state index contributed by atoms with van der Waals surface area (Å²) in [5.74, 6) is -0.140. The van der Waals surface area contributed by atoms with Crippen LogP contribution >= 0.6 is 23.1 Å². The van der Waals surface area contributed by atoms with E-state index in [9.17, 15) is 9.90 Å². The van der Waals surface area contributed by atoms with Gasteiger partial charge in [-0.05, 0) is 12.2 Å². The molecule has 2 rings (SSSR count). The van der Waals surface area contributed by atoms with Crippen molar-refractivity contribution in [1.29, 1.82) is 0 Å². The number of carbonyl (C=O) groups is 1. The van der Waals surface area contributed by atoms with Gasteiger partial charge in [-0.1, -0.05) is 6.92 Å². The molecule has 2 heterocycles. The Morgan fingerprint density at radius 3 is 3.00 bits per heavy atom. The Morgan fingerprint density at radius 1 is 1.67 bits per heavy atom. The first kappa shape index (κ1) is 12.9. The minimum absolute atomic E-state index is 0.0589. The SMILES string of the molecule is CCCSc1nn(-c2nccs2)c(N)c1C(=O)O. The van der Waals surface area contributed by atoms with Gasteiger partial charge in [0.05, 0.1) is 0 Å². The zero-order valence-corrected chi connectivity index (χ0v) is 11.3. The minimum atomic E-state index is -1.06. The summed E-state index contributed by atoms with van der Waals surface area (Å²) >= 11 is 2.75. The predicted octanol–water partition coefficient (Wildman–Crippen LogP) is 2.11. The van der Waals surface area contributed by atoms with Gasteiger partial charge >= 0.3 is 5.97 Å². The predicted molar refractivity (Wildman–Crippen MR) is 71.6 cm³/mol. The van der Waals surface area contributed by atoms with Gasteiger partial charge in [0.2, 0.25) is 5.13 Å². The number of nitrogen functional groups attached to an aromatic ring is 1. The molecule has 0 amide bonds. The number of thioether (sulfide) groups is 1. The van der Waals surface area contributed by atoms with Crippen molar-refractivity contribution in [2.24, 2.45) is 0 Å². The molecule has 0 radical (unpaired) electrons. The fraction of sp³-hybridized carbons (Fsp3) is 0.300. The quantitative estimate of drug-likeness (QED) is 0.817. The van der Waals surface area contributed by atoms with Crippen LogP contribution in [0, 0.1) is 0 Å². The third kappa shape index (κ3) is 2.34. The van der Waals surface area contributed by atoms with Gasteiger partial charge in [-0.25, -0.2) is 9.78 Å². The molecular formula is C10H12N4O2S2. The van der Waals surface area contributed by atoms with Crippen molar-refractivity contribution >= 4 is 34.9 Å². The van der Waals surface area contributed by atoms with Crippen molar-refractivity contribution in [3.8, 4) is 5.13 Å². The van der Waals surface area contributed by atoms with Crippen molar-refractivity contribution in [2.45, 2.75) is 18.4 Å². The first-order chi connectivity index (χ1) is 8.65. The van der Waals surface area contributed by atoms with Crippen molar-refractivity contribution in [3.63, 3.8) is 0 Å². The minimum Gasteiger partial charge on any atom is -0.477 e. The number of aromatic carboxylic acids is 1. The Balaban J connectivity index is 2.47. The summed E-state index contributed by atoms with van der Waals surface area (Å²) in [4.78, 5) is 15.3. The van der Waals surface area contributed by atoms with E-state index in [2.05, 4.69) is 10.1 Å². The average molecular weight is 284 g/mol. The van der Waals surface area contributed by atoms with Gasteiger partial charge in [0.15, 0.2) is 0 Å². The molecule has 0 atom stereocenters. The molecule has 3 N–H and O–H groups in total. The largest absolute Gasteiger partial charge is 0.477 e. The van der Waals surface area contributed by atoms with Gasteiger partial charge in [0, 0.05) is 11.6 Å². The van der Waals surface area contributed by atoms with Crippen LogP contribution in [0.4, 0.5) is 5.82 Å². The highest BCUT2D eigenvalue weighted by Crippen LogP contribution is 2.29. The standard InChI is InChI=1S/C10H12N4O2S2/c1-2-4-17-8-6(9(15)16)7(11)14(13-8)10-12-3-5-18-10/h3,5H,2,4,11H2,1H3,(H,15,16). The molecule has 2 aromatic rings. The fourth-order valence-electron chi connectivity index (χ4n) is 1.38. The number of aromatic nitrogens is 3. The van der Waals surface area contributed by atoms with Gasteiger partial charge in [-0.2, -0.15) is 9.78 Å². The highest BCUT2D eigenvalue weighted by molar-refractivity contribution is 7.99. The third-order valence-electron chi connectivity index (χ3n) is 2.15. The third-order valence-corrected chi connectivity index (χ3v) is 4.06. The number of hydrogen-bond acceptors (Lipinski definition) is 6. The Kier molecular flexibility index (Phi) is 3.87. The normalized spacial score (nSPS) is 10.7. The van der Waals surface area contributed by atoms with Crippen LogP contribution in [0.5, 0.6) is 0 Å². The molecule has 0 bridgehead atoms. The lowest BCUT2D eigenvalue weighted by molar-refractivity contribution is 0.0694. The maximum Gasteiger partial charge on any atom is 0.342 e. The lowest BCUT2D eigenvalue weighted by Gasteiger charge is -1.97. The molecule has 0 fully saturated rings. The van der Waals surface area contributed by atoms with Crippen LogP contribution < -0.4 is 5.73 Å². The second-order valence-electron chi connectivity index (χ2n) is 3.45. The van der Waals surface area contributed by atoms with E-state index < -0.39 is 5.97 Å². The van der Waals surface area contributed by atoms with Gasteiger partial charge in [-0.3, -0.25) is 0 Å². The number of hydrogen-bond donors (Lipinski definition) is 2. The van der Waals surface area contributed by atoms with Gasteiger partial charge in [-0.15, -0.1) is 23.1 Å². The number of carboxylic acids is 1. The number of anilines is 1. The first-order valence-electron chi connectivity index (χ1n) is 5.29. The number of thiazole rings is 1. The van der Waals surface area contributed by atoms with Crippen LogP contribution in [0.25, 0.3) is 5.13 Å². The summed E-state index contributed by atoms with van der Waals surface area (Å²) in [7, 11) is 0. The molecule has 0 aromatic carbocycles. The van der Waals surface area contributed by atoms with Crippen LogP contribution in [0.3, 0.4) is 0 Å². The van der Waals surface area contributed by atoms with Crippen molar-refractivity contribution in [3.05, 3.63) is 17.1 Å². The molecule has 18 heavy (non-hydrogen) atoms. The van der Waals surface area contributed by atoms with E-state index in [0.29, 0.717) is 10.2 Å². The Morgan fingerprint density at radius 2 is 2.44 bits per heavy atom. The zero-order valence-electron chi connectivity index (χ0n) is 9.66. The summed E-state index contributed by atoms with van der Waals surface area (Å²) in [6.45, 7) is 2.02. The summed E-state index contributed by atoms with van der Waals surface area (Å²) in [5, 5.41) is 16.2. The van der Waals surface area contributed by atoms with Gasteiger partial charge < -0.3 is 10.8 Å². The molecular weight excluding hydrogens is 272 g/mol. The molecule has 0 saturated heterocycles. The second-order valence-corrected chi connectivity index (χ2v) is 5.40. The molecule has 0 saturated carbocycles. The highest BCUT2D eigenvalue weighted by atomic mass is 32.2. The van der Waals surface area contributed by atoms with Crippen LogP contribution in [0.15, 0.2) is 16.6 Å². The van der Waals surface area contributed by atoms with Crippen LogP contribution in [0.1, 0.15) is 23.7 Å². The number of nitrogens with zero attached hydrogens (tertiary/aromatic N) is 3. The monoisotopic (exact) mass is 284 g/mol. The lowest BCUT2D eigenvalue weighted by Crippen LogP contribution is -2.05. The van der Waals surface area contributed by atoms with Crippen LogP contribution in [-0.2, 0) is 0 Å². The summed E-state index contributed by atoms with van der Waals surface area (Å²) in [6.07, 6.45) is 2.56. The van der Waals surface area contributed by atoms with E-state index in [1.807, 2.05) is 6.92 Å². The first-order valence-corrected chi connectivity index (χ1v) is 7.16. The summed E-state index contributed by atoms with van der Waals surface area (Å²) < 4.78 is 1.38. The highest BCUT2D eigenvalue weighted by Gasteiger charge is 2.23. The molecule has 0 aliphatic heterocycles. The molecule has 8 heteroatoms. The number of nitrogens with two attached hydrogens (primary N) is 1. The van der Waals surface area contributed by atoms with E-state index in [0.717, 1.165) is 12.2 Å². The van der Waals surface area contributed by atoms with E-state index in [4.69, 9.17) is 5.73 Å². The smallest absolute Gasteiger partial charge is 0.342 e. The molecule has 0 aliphatic rings. The van der Waals surface area contributed by atoms with Crippen LogP contribution in [-0.4, -0.2) is 31.6 Å². The van der Waals surface area contributed by atoms with Crippen LogP contribution in [0.2, 0.25) is 0 Å². The van der Waals surface area contributed by atoms with E-state index in [-0.39, 0.29) is 11.4 Å². The zero-order chi connectivity index (χ0) is 13.1. The van der Waals surface area contributed by atoms with Crippen molar-refractivity contribution in [1.82, 2.24) is 14.8 Å². The summed E-state index contributed by atoms with van der Waals surface area (Å²) in [6, 6.07) is 0. The topological polar surface area (TPSA) is 94.0 Å². The Bertz CT molecular complexity index is 550. The maximum atomic E-state index is 11.2. The second kappa shape index (κ2) is 5.40. The van der Waals surface area contributed by atoms with Crippen molar-refractivity contribution in [2.75, 3.05) is 11.5 Å². The number of carboxylic acid groups (broad SMARTS) is 1. The lowest BCUT2D eigenvalue weighted by atomic mass is 10.3. The van der Waals surface area contributed by atoms with Crippen molar-refractivity contribution < 1.29 is 9.90 Å². The molecule has 2 aromatic heterocycles. The molecule has 0 spiro atoms. The maximum absolute atomic E-state index is 11.2. The number of rotatable bonds is 5. The molecule has 96 valence electrons. The summed E-state index contributed by atoms with van der Waals surface area (Å²) in [5.41, 5.74) is 5.90. The Hall–Kier alpha value is -1.54. The van der Waals surface area contributed by atoms with E-state index in [1.54, 1.807) is 11.6 Å². The van der Waals surface area contributed by atoms with Gasteiger partial charge in [0.1, 0.15) is 16.4 Å². The Labute approximate surface area is 112 Å². The van der Waals surface area contributed by atoms with Gasteiger partial charge in [0.25, 0.3) is 0 Å². The van der Waals surface area contributed by atoms with E-state index in [1.165, 1.54) is 27.8 Å². The molecule has 0 aliphatic carbocycles. The molecule has 6 nitrogen and oxygen atoms in total. The van der Waals surface area contributed by atoms with E-state index >= 15 is 0 Å². The average Bonchev–Trinajstić information content (AvgIpc) is 2.93.